The Morgan fingerprint density at radius 3 is 2.59 bits per heavy atom. The molecule has 0 saturated heterocycles. The van der Waals surface area contributed by atoms with Gasteiger partial charge in [-0.2, -0.15) is 0 Å². The van der Waals surface area contributed by atoms with Crippen LogP contribution in [0.3, 0.4) is 0 Å². The van der Waals surface area contributed by atoms with Crippen molar-refractivity contribution in [3.8, 4) is 5.88 Å². The lowest BCUT2D eigenvalue weighted by molar-refractivity contribution is 0.100. The molecule has 152 valence electrons. The zero-order valence-electron chi connectivity index (χ0n) is 16.6. The maximum absolute atomic E-state index is 6.30. The molecule has 0 bridgehead atoms. The summed E-state index contributed by atoms with van der Waals surface area (Å²) in [4.78, 5) is 9.28. The van der Waals surface area contributed by atoms with Crippen LogP contribution in [-0.4, -0.2) is 22.1 Å². The molecule has 2 aliphatic carbocycles. The molecule has 0 spiro atoms. The van der Waals surface area contributed by atoms with Gasteiger partial charge in [-0.15, -0.1) is 12.4 Å². The van der Waals surface area contributed by atoms with Crippen LogP contribution < -0.4 is 10.1 Å². The lowest BCUT2D eigenvalue weighted by Crippen LogP contribution is -2.43. The number of nitrogens with zero attached hydrogens (tertiary/aromatic N) is 2. The summed E-state index contributed by atoms with van der Waals surface area (Å²) >= 11 is 0. The average Bonchev–Trinajstić information content (AvgIpc) is 2.73. The summed E-state index contributed by atoms with van der Waals surface area (Å²) in [5.74, 6) is 2.43. The van der Waals surface area contributed by atoms with E-state index in [1.165, 1.54) is 43.1 Å². The second kappa shape index (κ2) is 9.00. The maximum atomic E-state index is 6.30. The van der Waals surface area contributed by atoms with Crippen molar-refractivity contribution in [3.63, 3.8) is 0 Å². The number of benzene rings is 1. The van der Waals surface area contributed by atoms with Gasteiger partial charge in [0.25, 0.3) is 0 Å². The van der Waals surface area contributed by atoms with Crippen molar-refractivity contribution < 1.29 is 4.74 Å². The van der Waals surface area contributed by atoms with Gasteiger partial charge in [0.15, 0.2) is 0 Å². The minimum atomic E-state index is 0. The molecule has 3 aromatic rings. The first-order valence-electron chi connectivity index (χ1n) is 10.6. The number of fused-ring (bicyclic) bond motifs is 1. The number of rotatable bonds is 5. The van der Waals surface area contributed by atoms with Crippen molar-refractivity contribution in [3.05, 3.63) is 60.3 Å². The summed E-state index contributed by atoms with van der Waals surface area (Å²) in [7, 11) is 0. The highest BCUT2D eigenvalue weighted by Gasteiger charge is 2.32. The van der Waals surface area contributed by atoms with Gasteiger partial charge in [0.2, 0.25) is 5.88 Å². The summed E-state index contributed by atoms with van der Waals surface area (Å²) in [5, 5.41) is 4.73. The number of aromatic nitrogens is 2. The van der Waals surface area contributed by atoms with Crippen LogP contribution in [0.25, 0.3) is 10.9 Å². The zero-order valence-corrected chi connectivity index (χ0v) is 17.4. The van der Waals surface area contributed by atoms with E-state index in [-0.39, 0.29) is 18.5 Å². The van der Waals surface area contributed by atoms with Crippen LogP contribution in [0.4, 0.5) is 5.82 Å². The van der Waals surface area contributed by atoms with E-state index < -0.39 is 0 Å². The fourth-order valence-corrected chi connectivity index (χ4v) is 4.52. The zero-order chi connectivity index (χ0) is 18.8. The third-order valence-electron chi connectivity index (χ3n) is 6.17. The number of para-hydroxylation sites is 1. The molecule has 0 radical (unpaired) electrons. The molecule has 0 unspecified atom stereocenters. The Balaban J connectivity index is 0.00000205. The monoisotopic (exact) mass is 409 g/mol. The lowest BCUT2D eigenvalue weighted by atomic mass is 9.84. The lowest BCUT2D eigenvalue weighted by Gasteiger charge is -2.36. The van der Waals surface area contributed by atoms with E-state index in [0.717, 1.165) is 30.1 Å². The number of hydrogen-bond donors (Lipinski definition) is 1. The molecule has 2 aromatic heterocycles. The van der Waals surface area contributed by atoms with E-state index in [4.69, 9.17) is 9.72 Å². The molecule has 2 heterocycles. The van der Waals surface area contributed by atoms with Gasteiger partial charge in [0, 0.05) is 36.0 Å². The maximum Gasteiger partial charge on any atom is 0.217 e. The molecule has 2 aliphatic rings. The molecular weight excluding hydrogens is 382 g/mol. The Hall–Kier alpha value is -2.33. The van der Waals surface area contributed by atoms with Crippen LogP contribution in [-0.2, 0) is 0 Å². The molecule has 0 aliphatic heterocycles. The Labute approximate surface area is 178 Å². The predicted molar refractivity (Wildman–Crippen MR) is 120 cm³/mol. The van der Waals surface area contributed by atoms with E-state index in [1.54, 1.807) is 0 Å². The fourth-order valence-electron chi connectivity index (χ4n) is 4.52. The Morgan fingerprint density at radius 1 is 0.897 bits per heavy atom. The minimum Gasteiger partial charge on any atom is -0.474 e. The third kappa shape index (κ3) is 4.48. The first-order valence-corrected chi connectivity index (χ1v) is 10.6. The molecule has 0 amide bonds. The number of nitrogens with one attached hydrogen (secondary N) is 1. The number of halogens is 1. The average molecular weight is 410 g/mol. The molecule has 5 heteroatoms. The smallest absolute Gasteiger partial charge is 0.217 e. The number of pyridine rings is 2. The van der Waals surface area contributed by atoms with Gasteiger partial charge >= 0.3 is 0 Å². The van der Waals surface area contributed by atoms with Gasteiger partial charge in [-0.3, -0.25) is 0 Å². The van der Waals surface area contributed by atoms with Crippen molar-refractivity contribution >= 4 is 29.1 Å². The molecule has 1 aromatic carbocycles. The van der Waals surface area contributed by atoms with E-state index in [0.29, 0.717) is 12.0 Å². The highest BCUT2D eigenvalue weighted by Crippen LogP contribution is 2.38. The molecule has 4 nitrogen and oxygen atoms in total. The molecule has 0 atom stereocenters. The van der Waals surface area contributed by atoms with E-state index in [9.17, 15) is 0 Å². The van der Waals surface area contributed by atoms with Gasteiger partial charge < -0.3 is 10.1 Å². The first kappa shape index (κ1) is 20.0. The van der Waals surface area contributed by atoms with Gasteiger partial charge in [-0.1, -0.05) is 43.5 Å². The Morgan fingerprint density at radius 2 is 1.72 bits per heavy atom. The predicted octanol–water partition coefficient (Wildman–Crippen LogP) is 6.12. The normalized spacial score (nSPS) is 21.8. The van der Waals surface area contributed by atoms with Crippen molar-refractivity contribution in [2.24, 2.45) is 0 Å². The van der Waals surface area contributed by atoms with Crippen LogP contribution >= 0.6 is 12.4 Å². The quantitative estimate of drug-likeness (QED) is 0.551. The van der Waals surface area contributed by atoms with Crippen LogP contribution in [0.2, 0.25) is 0 Å². The van der Waals surface area contributed by atoms with Crippen LogP contribution in [0.1, 0.15) is 56.4 Å². The van der Waals surface area contributed by atoms with Gasteiger partial charge in [-0.25, -0.2) is 9.97 Å². The number of anilines is 1. The SMILES string of the molecule is Cl.c1cnc(OC2CC(Nc3ccc4ccccc4n3)C2)c(C2CCCCC2)c1. The molecule has 29 heavy (non-hydrogen) atoms. The van der Waals surface area contributed by atoms with E-state index >= 15 is 0 Å². The van der Waals surface area contributed by atoms with Crippen LogP contribution in [0.15, 0.2) is 54.7 Å². The van der Waals surface area contributed by atoms with Gasteiger partial charge in [-0.05, 0) is 43.0 Å². The van der Waals surface area contributed by atoms with Crippen molar-refractivity contribution in [2.75, 3.05) is 5.32 Å². The molecule has 2 saturated carbocycles. The highest BCUT2D eigenvalue weighted by molar-refractivity contribution is 5.85. The third-order valence-corrected chi connectivity index (χ3v) is 6.17. The van der Waals surface area contributed by atoms with Gasteiger partial charge in [0.05, 0.1) is 5.52 Å². The van der Waals surface area contributed by atoms with Crippen molar-refractivity contribution in [1.82, 2.24) is 9.97 Å². The molecular formula is C24H28ClN3O. The molecule has 1 N–H and O–H groups in total. The molecule has 5 rings (SSSR count). The second-order valence-corrected chi connectivity index (χ2v) is 8.17. The van der Waals surface area contributed by atoms with Crippen molar-refractivity contribution in [2.45, 2.75) is 63.0 Å². The standard InChI is InChI=1S/C24H27N3O.ClH/c1-2-7-17(8-3-1)21-10-6-14-25-24(21)28-20-15-19(16-20)26-23-13-12-18-9-4-5-11-22(18)27-23;/h4-6,9-14,17,19-20H,1-3,7-8,15-16H2,(H,26,27);1H. The van der Waals surface area contributed by atoms with Crippen molar-refractivity contribution in [1.29, 1.82) is 0 Å². The number of hydrogen-bond acceptors (Lipinski definition) is 4. The topological polar surface area (TPSA) is 47.0 Å². The first-order chi connectivity index (χ1) is 13.8. The van der Waals surface area contributed by atoms with Crippen LogP contribution in [0.5, 0.6) is 5.88 Å². The molecule has 2 fully saturated rings. The summed E-state index contributed by atoms with van der Waals surface area (Å²) < 4.78 is 6.30. The summed E-state index contributed by atoms with van der Waals surface area (Å²) in [5.41, 5.74) is 2.35. The summed E-state index contributed by atoms with van der Waals surface area (Å²) in [6, 6.07) is 17.1. The van der Waals surface area contributed by atoms with E-state index in [1.807, 2.05) is 24.4 Å². The minimum absolute atomic E-state index is 0. The largest absolute Gasteiger partial charge is 0.474 e. The Bertz CT molecular complexity index is 952. The van der Waals surface area contributed by atoms with E-state index in [2.05, 4.69) is 40.6 Å². The summed E-state index contributed by atoms with van der Waals surface area (Å²) in [6.45, 7) is 0. The van der Waals surface area contributed by atoms with Crippen LogP contribution in [0, 0.1) is 0 Å². The second-order valence-electron chi connectivity index (χ2n) is 8.17. The van der Waals surface area contributed by atoms with Gasteiger partial charge in [0.1, 0.15) is 11.9 Å². The fraction of sp³-hybridized carbons (Fsp3) is 0.417. The number of ether oxygens (including phenoxy) is 1. The highest BCUT2D eigenvalue weighted by atomic mass is 35.5. The Kier molecular flexibility index (Phi) is 6.19. The summed E-state index contributed by atoms with van der Waals surface area (Å²) in [6.07, 6.45) is 10.6.